The molecule has 14 heavy (non-hydrogen) atoms. The lowest BCUT2D eigenvalue weighted by Crippen LogP contribution is -2.51. The predicted molar refractivity (Wildman–Crippen MR) is 51.9 cm³/mol. The number of aliphatic hydroxyl groups excluding tert-OH is 1. The molecule has 0 bridgehead atoms. The van der Waals surface area contributed by atoms with E-state index < -0.39 is 17.7 Å². The van der Waals surface area contributed by atoms with Crippen LogP contribution in [0.4, 0.5) is 0 Å². The fourth-order valence-electron chi connectivity index (χ4n) is 1.05. The van der Waals surface area contributed by atoms with E-state index in [2.05, 4.69) is 10.7 Å². The number of carbonyl (C=O) groups excluding carboxylic acids is 1. The number of hydrogen-bond donors (Lipinski definition) is 5. The van der Waals surface area contributed by atoms with E-state index in [-0.39, 0.29) is 25.4 Å². The zero-order valence-corrected chi connectivity index (χ0v) is 8.40. The molecule has 0 aromatic rings. The number of aliphatic hydroxyl groups is 1. The molecular formula is C7H20N4O3. The van der Waals surface area contributed by atoms with Crippen molar-refractivity contribution in [3.8, 4) is 0 Å². The van der Waals surface area contributed by atoms with Gasteiger partial charge in [0.25, 0.3) is 0 Å². The number of carbonyl (C=O) groups is 1. The Hall–Kier alpha value is -0.730. The van der Waals surface area contributed by atoms with Crippen LogP contribution in [0.25, 0.3) is 0 Å². The highest BCUT2D eigenvalue weighted by atomic mass is 16.7. The van der Waals surface area contributed by atoms with Crippen LogP contribution in [0.2, 0.25) is 0 Å². The van der Waals surface area contributed by atoms with Gasteiger partial charge in [-0.1, -0.05) is 0 Å². The minimum Gasteiger partial charge on any atom is -0.393 e. The highest BCUT2D eigenvalue weighted by Crippen LogP contribution is 2.10. The standard InChI is InChI=1S/C7H17N3O3.H3N/c1-5(11)4-7(8,9)3-2-6(12)13-10;/h5,11H,2-4,8-10H2,1H3;1H3. The van der Waals surface area contributed by atoms with E-state index >= 15 is 0 Å². The minimum absolute atomic E-state index is 0. The molecule has 1 unspecified atom stereocenters. The van der Waals surface area contributed by atoms with Crippen LogP contribution in [-0.2, 0) is 9.63 Å². The van der Waals surface area contributed by atoms with Gasteiger partial charge in [-0.25, -0.2) is 0 Å². The van der Waals surface area contributed by atoms with E-state index in [1.807, 2.05) is 0 Å². The van der Waals surface area contributed by atoms with E-state index in [9.17, 15) is 4.79 Å². The zero-order chi connectivity index (χ0) is 10.5. The predicted octanol–water partition coefficient (Wildman–Crippen LogP) is -1.27. The third-order valence-corrected chi connectivity index (χ3v) is 1.60. The van der Waals surface area contributed by atoms with Gasteiger partial charge in [-0.3, -0.25) is 4.79 Å². The number of nitrogens with two attached hydrogens (primary N) is 3. The highest BCUT2D eigenvalue weighted by Gasteiger charge is 2.22. The first-order valence-corrected chi connectivity index (χ1v) is 4.03. The van der Waals surface area contributed by atoms with Gasteiger partial charge in [-0.15, -0.1) is 0 Å². The van der Waals surface area contributed by atoms with Crippen LogP contribution in [0.5, 0.6) is 0 Å². The molecule has 0 amide bonds. The molecule has 7 heteroatoms. The minimum atomic E-state index is -1.05. The summed E-state index contributed by atoms with van der Waals surface area (Å²) in [6.45, 7) is 1.58. The Morgan fingerprint density at radius 1 is 1.57 bits per heavy atom. The Morgan fingerprint density at radius 3 is 2.43 bits per heavy atom. The molecule has 0 saturated carbocycles. The molecule has 0 aliphatic rings. The van der Waals surface area contributed by atoms with Crippen molar-refractivity contribution in [1.82, 2.24) is 6.15 Å². The zero-order valence-electron chi connectivity index (χ0n) is 8.40. The maximum atomic E-state index is 10.6. The number of hydrogen-bond acceptors (Lipinski definition) is 7. The fourth-order valence-corrected chi connectivity index (χ4v) is 1.05. The largest absolute Gasteiger partial charge is 0.393 e. The molecule has 0 saturated heterocycles. The average molecular weight is 208 g/mol. The van der Waals surface area contributed by atoms with Gasteiger partial charge in [0, 0.05) is 6.42 Å². The topological polar surface area (TPSA) is 160 Å². The molecule has 1 atom stereocenters. The van der Waals surface area contributed by atoms with Crippen LogP contribution in [-0.4, -0.2) is 22.8 Å². The van der Waals surface area contributed by atoms with E-state index in [0.717, 1.165) is 0 Å². The smallest absolute Gasteiger partial charge is 0.324 e. The molecule has 0 rings (SSSR count). The van der Waals surface area contributed by atoms with Crippen molar-refractivity contribution >= 4 is 5.97 Å². The molecule has 0 aromatic carbocycles. The van der Waals surface area contributed by atoms with Crippen LogP contribution in [0.1, 0.15) is 26.2 Å². The van der Waals surface area contributed by atoms with Crippen LogP contribution in [0.15, 0.2) is 0 Å². The van der Waals surface area contributed by atoms with Crippen molar-refractivity contribution in [2.24, 2.45) is 17.4 Å². The Labute approximate surface area is 83.1 Å². The van der Waals surface area contributed by atoms with Crippen LogP contribution >= 0.6 is 0 Å². The van der Waals surface area contributed by atoms with Crippen molar-refractivity contribution in [1.29, 1.82) is 0 Å². The van der Waals surface area contributed by atoms with Crippen LogP contribution < -0.4 is 23.5 Å². The van der Waals surface area contributed by atoms with Crippen LogP contribution in [0, 0.1) is 0 Å². The first kappa shape index (κ1) is 15.7. The Kier molecular flexibility index (Phi) is 7.51. The van der Waals surface area contributed by atoms with E-state index in [4.69, 9.17) is 16.6 Å². The summed E-state index contributed by atoms with van der Waals surface area (Å²) in [6.07, 6.45) is -0.0847. The summed E-state index contributed by atoms with van der Waals surface area (Å²) in [5, 5.41) is 9.01. The van der Waals surface area contributed by atoms with Gasteiger partial charge in [-0.05, 0) is 13.3 Å². The molecular weight excluding hydrogens is 188 g/mol. The average Bonchev–Trinajstić information content (AvgIpc) is 1.98. The third kappa shape index (κ3) is 7.90. The quantitative estimate of drug-likeness (QED) is 0.278. The molecule has 0 aliphatic carbocycles. The second-order valence-electron chi connectivity index (χ2n) is 3.28. The Morgan fingerprint density at radius 2 is 2.07 bits per heavy atom. The van der Waals surface area contributed by atoms with Crippen molar-refractivity contribution in [3.05, 3.63) is 0 Å². The lowest BCUT2D eigenvalue weighted by atomic mass is 9.99. The van der Waals surface area contributed by atoms with Gasteiger partial charge in [-0.2, -0.15) is 5.90 Å². The van der Waals surface area contributed by atoms with Gasteiger partial charge >= 0.3 is 5.97 Å². The third-order valence-electron chi connectivity index (χ3n) is 1.60. The van der Waals surface area contributed by atoms with Gasteiger partial charge in [0.15, 0.2) is 0 Å². The van der Waals surface area contributed by atoms with Crippen molar-refractivity contribution in [2.75, 3.05) is 0 Å². The monoisotopic (exact) mass is 208 g/mol. The first-order chi connectivity index (χ1) is 5.87. The molecule has 0 aromatic heterocycles. The maximum absolute atomic E-state index is 10.6. The first-order valence-electron chi connectivity index (χ1n) is 4.03. The lowest BCUT2D eigenvalue weighted by molar-refractivity contribution is -0.144. The normalized spacial score (nSPS) is 12.9. The van der Waals surface area contributed by atoms with Crippen molar-refractivity contribution < 1.29 is 14.7 Å². The lowest BCUT2D eigenvalue weighted by Gasteiger charge is -2.25. The molecule has 0 heterocycles. The van der Waals surface area contributed by atoms with E-state index in [1.165, 1.54) is 0 Å². The highest BCUT2D eigenvalue weighted by molar-refractivity contribution is 5.68. The van der Waals surface area contributed by atoms with Crippen molar-refractivity contribution in [3.63, 3.8) is 0 Å². The summed E-state index contributed by atoms with van der Waals surface area (Å²) < 4.78 is 0. The summed E-state index contributed by atoms with van der Waals surface area (Å²) in [6, 6.07) is 0. The number of rotatable bonds is 5. The van der Waals surface area contributed by atoms with Crippen LogP contribution in [0.3, 0.4) is 0 Å². The molecule has 0 fully saturated rings. The molecule has 7 nitrogen and oxygen atoms in total. The second-order valence-corrected chi connectivity index (χ2v) is 3.28. The van der Waals surface area contributed by atoms with Gasteiger partial charge in [0.05, 0.1) is 18.2 Å². The van der Waals surface area contributed by atoms with Gasteiger partial charge < -0.3 is 27.6 Å². The fraction of sp³-hybridized carbons (Fsp3) is 0.857. The van der Waals surface area contributed by atoms with Gasteiger partial charge in [0.1, 0.15) is 0 Å². The molecule has 10 N–H and O–H groups in total. The molecule has 0 spiro atoms. The second kappa shape index (κ2) is 6.68. The summed E-state index contributed by atoms with van der Waals surface area (Å²) in [5.41, 5.74) is 10.1. The molecule has 0 radical (unpaired) electrons. The van der Waals surface area contributed by atoms with E-state index in [1.54, 1.807) is 6.92 Å². The summed E-state index contributed by atoms with van der Waals surface area (Å²) in [4.78, 5) is 14.6. The summed E-state index contributed by atoms with van der Waals surface area (Å²) >= 11 is 0. The van der Waals surface area contributed by atoms with E-state index in [0.29, 0.717) is 0 Å². The SMILES string of the molecule is CC(O)CC(N)(N)CCC(=O)ON.N. The van der Waals surface area contributed by atoms with Gasteiger partial charge in [0.2, 0.25) is 0 Å². The summed E-state index contributed by atoms with van der Waals surface area (Å²) in [7, 11) is 0. The molecule has 0 aliphatic heterocycles. The van der Waals surface area contributed by atoms with Crippen molar-refractivity contribution in [2.45, 2.75) is 38.0 Å². The maximum Gasteiger partial charge on any atom is 0.324 e. The molecule has 86 valence electrons. The summed E-state index contributed by atoms with van der Waals surface area (Å²) in [5.74, 6) is 4.06. The Bertz CT molecular complexity index is 172. The Balaban J connectivity index is 0.